The summed E-state index contributed by atoms with van der Waals surface area (Å²) in [6.07, 6.45) is 7.29. The standard InChI is InChI=1S/C25H23N3O/c1-25(2,3)19-11-13-20(14-12-19)28-23(15-10-18-7-6-16-26-17-18)27-22-9-5-4-8-21(22)24(28)29/h4-17H,1-3H3/b15-10+. The third-order valence-corrected chi connectivity index (χ3v) is 4.90. The molecule has 29 heavy (non-hydrogen) atoms. The second-order valence-electron chi connectivity index (χ2n) is 8.04. The van der Waals surface area contributed by atoms with Gasteiger partial charge in [0.2, 0.25) is 0 Å². The SMILES string of the molecule is CC(C)(C)c1ccc(-n2c(/C=C/c3cccnc3)nc3ccccc3c2=O)cc1. The van der Waals surface area contributed by atoms with Crippen molar-refractivity contribution in [2.75, 3.05) is 0 Å². The number of fused-ring (bicyclic) bond motifs is 1. The van der Waals surface area contributed by atoms with Crippen molar-refractivity contribution in [3.8, 4) is 5.69 Å². The Balaban J connectivity index is 1.90. The summed E-state index contributed by atoms with van der Waals surface area (Å²) in [6, 6.07) is 19.4. The first-order valence-corrected chi connectivity index (χ1v) is 9.64. The molecule has 0 aliphatic heterocycles. The van der Waals surface area contributed by atoms with Gasteiger partial charge in [-0.1, -0.05) is 51.1 Å². The van der Waals surface area contributed by atoms with Crippen LogP contribution in [0.4, 0.5) is 0 Å². The molecular weight excluding hydrogens is 358 g/mol. The monoisotopic (exact) mass is 381 g/mol. The van der Waals surface area contributed by atoms with Gasteiger partial charge in [-0.3, -0.25) is 14.3 Å². The molecule has 0 unspecified atom stereocenters. The number of pyridine rings is 1. The minimum atomic E-state index is -0.0788. The molecule has 2 aromatic heterocycles. The molecule has 2 aromatic carbocycles. The normalized spacial score (nSPS) is 12.0. The number of aromatic nitrogens is 3. The van der Waals surface area contributed by atoms with Crippen molar-refractivity contribution in [1.82, 2.24) is 14.5 Å². The van der Waals surface area contributed by atoms with Crippen molar-refractivity contribution in [1.29, 1.82) is 0 Å². The molecule has 0 saturated heterocycles. The smallest absolute Gasteiger partial charge is 0.266 e. The van der Waals surface area contributed by atoms with Crippen molar-refractivity contribution in [3.63, 3.8) is 0 Å². The van der Waals surface area contributed by atoms with E-state index in [2.05, 4.69) is 37.9 Å². The quantitative estimate of drug-likeness (QED) is 0.487. The summed E-state index contributed by atoms with van der Waals surface area (Å²) >= 11 is 0. The van der Waals surface area contributed by atoms with Crippen LogP contribution < -0.4 is 5.56 Å². The highest BCUT2D eigenvalue weighted by Gasteiger charge is 2.15. The molecule has 4 nitrogen and oxygen atoms in total. The van der Waals surface area contributed by atoms with E-state index in [1.807, 2.05) is 60.7 Å². The van der Waals surface area contributed by atoms with Gasteiger partial charge in [0.05, 0.1) is 16.6 Å². The Bertz CT molecular complexity index is 1230. The van der Waals surface area contributed by atoms with Gasteiger partial charge in [0.15, 0.2) is 0 Å². The number of benzene rings is 2. The van der Waals surface area contributed by atoms with E-state index in [-0.39, 0.29) is 11.0 Å². The fourth-order valence-corrected chi connectivity index (χ4v) is 3.27. The van der Waals surface area contributed by atoms with Crippen LogP contribution in [0.5, 0.6) is 0 Å². The van der Waals surface area contributed by atoms with E-state index in [9.17, 15) is 4.79 Å². The van der Waals surface area contributed by atoms with Crippen LogP contribution in [0.25, 0.3) is 28.7 Å². The van der Waals surface area contributed by atoms with Crippen molar-refractivity contribution in [3.05, 3.63) is 100 Å². The zero-order valence-electron chi connectivity index (χ0n) is 16.8. The molecule has 0 N–H and O–H groups in total. The van der Waals surface area contributed by atoms with Gasteiger partial charge in [-0.05, 0) is 59.0 Å². The molecule has 0 saturated carbocycles. The van der Waals surface area contributed by atoms with Crippen molar-refractivity contribution >= 4 is 23.1 Å². The van der Waals surface area contributed by atoms with Gasteiger partial charge in [0, 0.05) is 12.4 Å². The van der Waals surface area contributed by atoms with E-state index in [0.29, 0.717) is 16.7 Å². The van der Waals surface area contributed by atoms with Crippen molar-refractivity contribution < 1.29 is 0 Å². The molecule has 0 amide bonds. The molecule has 0 aliphatic carbocycles. The molecule has 144 valence electrons. The first-order chi connectivity index (χ1) is 13.9. The third kappa shape index (κ3) is 3.87. The summed E-state index contributed by atoms with van der Waals surface area (Å²) < 4.78 is 1.67. The summed E-state index contributed by atoms with van der Waals surface area (Å²) in [5.41, 5.74) is 3.62. The number of rotatable bonds is 3. The molecule has 0 spiro atoms. The molecule has 4 aromatic rings. The molecule has 2 heterocycles. The van der Waals surface area contributed by atoms with Gasteiger partial charge < -0.3 is 0 Å². The average molecular weight is 381 g/mol. The molecule has 4 rings (SSSR count). The number of para-hydroxylation sites is 1. The average Bonchev–Trinajstić information content (AvgIpc) is 2.73. The largest absolute Gasteiger partial charge is 0.268 e. The summed E-state index contributed by atoms with van der Waals surface area (Å²) in [5, 5.41) is 0.603. The van der Waals surface area contributed by atoms with Crippen LogP contribution >= 0.6 is 0 Å². The minimum absolute atomic E-state index is 0.0498. The summed E-state index contributed by atoms with van der Waals surface area (Å²) in [7, 11) is 0. The second-order valence-corrected chi connectivity index (χ2v) is 8.04. The third-order valence-electron chi connectivity index (χ3n) is 4.90. The minimum Gasteiger partial charge on any atom is -0.268 e. The maximum atomic E-state index is 13.3. The predicted octanol–water partition coefficient (Wildman–Crippen LogP) is 5.25. The van der Waals surface area contributed by atoms with Gasteiger partial charge in [-0.25, -0.2) is 4.98 Å². The maximum Gasteiger partial charge on any atom is 0.266 e. The predicted molar refractivity (Wildman–Crippen MR) is 119 cm³/mol. The fourth-order valence-electron chi connectivity index (χ4n) is 3.27. The van der Waals surface area contributed by atoms with E-state index in [1.54, 1.807) is 17.0 Å². The summed E-state index contributed by atoms with van der Waals surface area (Å²) in [4.78, 5) is 22.2. The Labute approximate surface area is 170 Å². The Hall–Kier alpha value is -3.53. The lowest BCUT2D eigenvalue weighted by molar-refractivity contribution is 0.590. The lowest BCUT2D eigenvalue weighted by Gasteiger charge is -2.19. The van der Waals surface area contributed by atoms with E-state index >= 15 is 0 Å². The highest BCUT2D eigenvalue weighted by atomic mass is 16.1. The Morgan fingerprint density at radius 3 is 2.34 bits per heavy atom. The van der Waals surface area contributed by atoms with Gasteiger partial charge in [0.1, 0.15) is 5.82 Å². The summed E-state index contributed by atoms with van der Waals surface area (Å²) in [6.45, 7) is 6.52. The van der Waals surface area contributed by atoms with E-state index in [0.717, 1.165) is 11.3 Å². The van der Waals surface area contributed by atoms with Crippen LogP contribution in [0, 0.1) is 0 Å². The summed E-state index contributed by atoms with van der Waals surface area (Å²) in [5.74, 6) is 0.584. The van der Waals surface area contributed by atoms with E-state index in [1.165, 1.54) is 5.56 Å². The first kappa shape index (κ1) is 18.8. The van der Waals surface area contributed by atoms with Crippen molar-refractivity contribution in [2.24, 2.45) is 0 Å². The first-order valence-electron chi connectivity index (χ1n) is 9.64. The van der Waals surface area contributed by atoms with Crippen LogP contribution in [-0.2, 0) is 5.41 Å². The molecule has 0 radical (unpaired) electrons. The Kier molecular flexibility index (Phi) is 4.85. The number of hydrogen-bond acceptors (Lipinski definition) is 3. The van der Waals surface area contributed by atoms with Crippen LogP contribution in [0.3, 0.4) is 0 Å². The Morgan fingerprint density at radius 1 is 0.897 bits per heavy atom. The molecular formula is C25H23N3O. The lowest BCUT2D eigenvalue weighted by Crippen LogP contribution is -2.22. The van der Waals surface area contributed by atoms with Crippen LogP contribution in [0.2, 0.25) is 0 Å². The number of hydrogen-bond donors (Lipinski definition) is 0. The van der Waals surface area contributed by atoms with Gasteiger partial charge >= 0.3 is 0 Å². The van der Waals surface area contributed by atoms with Gasteiger partial charge in [0.25, 0.3) is 5.56 Å². The van der Waals surface area contributed by atoms with Crippen molar-refractivity contribution in [2.45, 2.75) is 26.2 Å². The molecule has 0 atom stereocenters. The zero-order valence-corrected chi connectivity index (χ0v) is 16.8. The molecule has 0 aliphatic rings. The Morgan fingerprint density at radius 2 is 1.66 bits per heavy atom. The van der Waals surface area contributed by atoms with E-state index in [4.69, 9.17) is 4.98 Å². The van der Waals surface area contributed by atoms with Crippen LogP contribution in [0.1, 0.15) is 37.7 Å². The fraction of sp³-hybridized carbons (Fsp3) is 0.160. The maximum absolute atomic E-state index is 13.3. The zero-order chi connectivity index (χ0) is 20.4. The lowest BCUT2D eigenvalue weighted by atomic mass is 9.87. The van der Waals surface area contributed by atoms with E-state index < -0.39 is 0 Å². The highest BCUT2D eigenvalue weighted by Crippen LogP contribution is 2.23. The second kappa shape index (κ2) is 7.47. The van der Waals surface area contributed by atoms with Crippen LogP contribution in [0.15, 0.2) is 77.9 Å². The molecule has 4 heteroatoms. The van der Waals surface area contributed by atoms with Gasteiger partial charge in [-0.15, -0.1) is 0 Å². The van der Waals surface area contributed by atoms with Gasteiger partial charge in [-0.2, -0.15) is 0 Å². The highest BCUT2D eigenvalue weighted by molar-refractivity contribution is 5.80. The topological polar surface area (TPSA) is 47.8 Å². The van der Waals surface area contributed by atoms with Crippen LogP contribution in [-0.4, -0.2) is 14.5 Å². The number of nitrogens with zero attached hydrogens (tertiary/aromatic N) is 3. The molecule has 0 fully saturated rings. The molecule has 0 bridgehead atoms.